The SMILES string of the molecule is Cn1cc(-c2ccc(Cl)c3[nH]ncc23)nn1. The number of H-pyrrole nitrogens is 1. The van der Waals surface area contributed by atoms with E-state index in [9.17, 15) is 0 Å². The van der Waals surface area contributed by atoms with E-state index >= 15 is 0 Å². The summed E-state index contributed by atoms with van der Waals surface area (Å²) in [6, 6.07) is 3.75. The van der Waals surface area contributed by atoms with Crippen LogP contribution >= 0.6 is 11.6 Å². The molecular weight excluding hydrogens is 226 g/mol. The van der Waals surface area contributed by atoms with Crippen molar-refractivity contribution in [2.24, 2.45) is 7.05 Å². The van der Waals surface area contributed by atoms with E-state index in [2.05, 4.69) is 20.5 Å². The fraction of sp³-hybridized carbons (Fsp3) is 0.100. The first-order valence-electron chi connectivity index (χ1n) is 4.74. The number of aromatic nitrogens is 5. The normalized spacial score (nSPS) is 11.1. The summed E-state index contributed by atoms with van der Waals surface area (Å²) in [6.07, 6.45) is 3.60. The molecule has 3 rings (SSSR count). The van der Waals surface area contributed by atoms with Crippen LogP contribution in [0.3, 0.4) is 0 Å². The fourth-order valence-corrected chi connectivity index (χ4v) is 1.90. The summed E-state index contributed by atoms with van der Waals surface area (Å²) in [4.78, 5) is 0. The number of benzene rings is 1. The highest BCUT2D eigenvalue weighted by atomic mass is 35.5. The number of aryl methyl sites for hydroxylation is 1. The number of halogens is 1. The van der Waals surface area contributed by atoms with Crippen LogP contribution in [0.2, 0.25) is 5.02 Å². The molecule has 0 unspecified atom stereocenters. The van der Waals surface area contributed by atoms with Crippen molar-refractivity contribution in [2.45, 2.75) is 0 Å². The quantitative estimate of drug-likeness (QED) is 0.700. The summed E-state index contributed by atoms with van der Waals surface area (Å²) in [5.74, 6) is 0. The molecule has 1 aromatic carbocycles. The van der Waals surface area contributed by atoms with Gasteiger partial charge in [0.05, 0.1) is 22.9 Å². The van der Waals surface area contributed by atoms with Crippen LogP contribution in [-0.2, 0) is 7.05 Å². The molecule has 2 aromatic heterocycles. The zero-order chi connectivity index (χ0) is 11.1. The third-order valence-electron chi connectivity index (χ3n) is 2.44. The van der Waals surface area contributed by atoms with Gasteiger partial charge in [-0.15, -0.1) is 5.10 Å². The van der Waals surface area contributed by atoms with Crippen LogP contribution in [0, 0.1) is 0 Å². The Morgan fingerprint density at radius 3 is 3.00 bits per heavy atom. The van der Waals surface area contributed by atoms with Crippen molar-refractivity contribution in [3.05, 3.63) is 29.5 Å². The molecule has 1 N–H and O–H groups in total. The summed E-state index contributed by atoms with van der Waals surface area (Å²) in [5.41, 5.74) is 2.61. The van der Waals surface area contributed by atoms with Crippen molar-refractivity contribution in [1.82, 2.24) is 25.2 Å². The van der Waals surface area contributed by atoms with Gasteiger partial charge in [0.2, 0.25) is 0 Å². The Labute approximate surface area is 96.0 Å². The van der Waals surface area contributed by atoms with Crippen molar-refractivity contribution in [3.8, 4) is 11.3 Å². The van der Waals surface area contributed by atoms with Crippen LogP contribution in [-0.4, -0.2) is 25.2 Å². The van der Waals surface area contributed by atoms with Crippen molar-refractivity contribution in [1.29, 1.82) is 0 Å². The number of hydrogen-bond acceptors (Lipinski definition) is 3. The Kier molecular flexibility index (Phi) is 1.94. The highest BCUT2D eigenvalue weighted by molar-refractivity contribution is 6.35. The molecule has 0 radical (unpaired) electrons. The first-order chi connectivity index (χ1) is 7.75. The molecule has 0 amide bonds. The molecule has 80 valence electrons. The summed E-state index contributed by atoms with van der Waals surface area (Å²) >= 11 is 6.05. The van der Waals surface area contributed by atoms with Crippen molar-refractivity contribution >= 4 is 22.5 Å². The minimum Gasteiger partial charge on any atom is -0.276 e. The first-order valence-corrected chi connectivity index (χ1v) is 5.12. The van der Waals surface area contributed by atoms with Gasteiger partial charge in [0.1, 0.15) is 5.69 Å². The van der Waals surface area contributed by atoms with Gasteiger partial charge in [-0.2, -0.15) is 5.10 Å². The second kappa shape index (κ2) is 3.31. The number of hydrogen-bond donors (Lipinski definition) is 1. The predicted octanol–water partition coefficient (Wildman–Crippen LogP) is 2.01. The van der Waals surface area contributed by atoms with Gasteiger partial charge in [0.25, 0.3) is 0 Å². The number of nitrogens with zero attached hydrogens (tertiary/aromatic N) is 4. The minimum absolute atomic E-state index is 0.653. The average Bonchev–Trinajstić information content (AvgIpc) is 2.87. The monoisotopic (exact) mass is 233 g/mol. The van der Waals surface area contributed by atoms with Crippen LogP contribution in [0.15, 0.2) is 24.5 Å². The van der Waals surface area contributed by atoms with Crippen LogP contribution in [0.1, 0.15) is 0 Å². The Hall–Kier alpha value is -1.88. The number of aromatic amines is 1. The summed E-state index contributed by atoms with van der Waals surface area (Å²) in [6.45, 7) is 0. The van der Waals surface area contributed by atoms with Gasteiger partial charge < -0.3 is 0 Å². The van der Waals surface area contributed by atoms with Crippen LogP contribution in [0.5, 0.6) is 0 Å². The van der Waals surface area contributed by atoms with Gasteiger partial charge in [-0.3, -0.25) is 9.78 Å². The van der Waals surface area contributed by atoms with Crippen molar-refractivity contribution < 1.29 is 0 Å². The molecule has 0 aliphatic heterocycles. The smallest absolute Gasteiger partial charge is 0.113 e. The largest absolute Gasteiger partial charge is 0.276 e. The lowest BCUT2D eigenvalue weighted by Crippen LogP contribution is -1.85. The lowest BCUT2D eigenvalue weighted by atomic mass is 10.1. The standard InChI is InChI=1S/C10H8ClN5/c1-16-5-9(13-15-16)6-2-3-8(11)10-7(6)4-12-14-10/h2-5H,1H3,(H,12,14). The van der Waals surface area contributed by atoms with E-state index in [0.29, 0.717) is 5.02 Å². The van der Waals surface area contributed by atoms with Crippen LogP contribution in [0.4, 0.5) is 0 Å². The molecule has 3 aromatic rings. The molecule has 2 heterocycles. The molecule has 16 heavy (non-hydrogen) atoms. The lowest BCUT2D eigenvalue weighted by Gasteiger charge is -1.99. The van der Waals surface area contributed by atoms with Gasteiger partial charge in [0, 0.05) is 18.0 Å². The first kappa shape index (κ1) is 9.35. The van der Waals surface area contributed by atoms with Gasteiger partial charge in [0.15, 0.2) is 0 Å². The van der Waals surface area contributed by atoms with E-state index in [1.54, 1.807) is 10.9 Å². The molecule has 0 bridgehead atoms. The van der Waals surface area contributed by atoms with E-state index in [-0.39, 0.29) is 0 Å². The molecule has 5 nitrogen and oxygen atoms in total. The average molecular weight is 234 g/mol. The Bertz CT molecular complexity index is 654. The molecule has 0 spiro atoms. The van der Waals surface area contributed by atoms with Gasteiger partial charge in [-0.25, -0.2) is 0 Å². The highest BCUT2D eigenvalue weighted by Gasteiger charge is 2.10. The Morgan fingerprint density at radius 1 is 1.38 bits per heavy atom. The molecule has 0 saturated heterocycles. The highest BCUT2D eigenvalue weighted by Crippen LogP contribution is 2.30. The van der Waals surface area contributed by atoms with E-state index in [0.717, 1.165) is 22.2 Å². The topological polar surface area (TPSA) is 59.4 Å². The third kappa shape index (κ3) is 1.29. The minimum atomic E-state index is 0.653. The Balaban J connectivity index is 2.32. The molecule has 6 heteroatoms. The molecular formula is C10H8ClN5. The maximum Gasteiger partial charge on any atom is 0.113 e. The molecule has 0 aliphatic rings. The number of rotatable bonds is 1. The number of nitrogens with one attached hydrogen (secondary N) is 1. The van der Waals surface area contributed by atoms with E-state index in [1.807, 2.05) is 25.4 Å². The van der Waals surface area contributed by atoms with E-state index in [1.165, 1.54) is 0 Å². The lowest BCUT2D eigenvalue weighted by molar-refractivity contribution is 0.715. The fourth-order valence-electron chi connectivity index (χ4n) is 1.70. The summed E-state index contributed by atoms with van der Waals surface area (Å²) in [5, 5.41) is 16.4. The maximum absolute atomic E-state index is 6.05. The molecule has 0 fully saturated rings. The maximum atomic E-state index is 6.05. The van der Waals surface area contributed by atoms with E-state index < -0.39 is 0 Å². The summed E-state index contributed by atoms with van der Waals surface area (Å²) < 4.78 is 1.66. The van der Waals surface area contributed by atoms with Crippen molar-refractivity contribution in [3.63, 3.8) is 0 Å². The number of fused-ring (bicyclic) bond motifs is 1. The van der Waals surface area contributed by atoms with Gasteiger partial charge in [-0.05, 0) is 6.07 Å². The van der Waals surface area contributed by atoms with Gasteiger partial charge in [-0.1, -0.05) is 22.9 Å². The van der Waals surface area contributed by atoms with Crippen molar-refractivity contribution in [2.75, 3.05) is 0 Å². The van der Waals surface area contributed by atoms with E-state index in [4.69, 9.17) is 11.6 Å². The predicted molar refractivity (Wildman–Crippen MR) is 61.1 cm³/mol. The second-order valence-corrected chi connectivity index (χ2v) is 3.94. The molecule has 0 atom stereocenters. The molecule has 0 saturated carbocycles. The Morgan fingerprint density at radius 2 is 2.25 bits per heavy atom. The second-order valence-electron chi connectivity index (χ2n) is 3.53. The van der Waals surface area contributed by atoms with Crippen LogP contribution < -0.4 is 0 Å². The van der Waals surface area contributed by atoms with Crippen LogP contribution in [0.25, 0.3) is 22.2 Å². The molecule has 0 aliphatic carbocycles. The third-order valence-corrected chi connectivity index (χ3v) is 2.76. The summed E-state index contributed by atoms with van der Waals surface area (Å²) in [7, 11) is 1.83. The zero-order valence-corrected chi connectivity index (χ0v) is 9.23. The van der Waals surface area contributed by atoms with Gasteiger partial charge >= 0.3 is 0 Å². The zero-order valence-electron chi connectivity index (χ0n) is 8.48.